The standard InChI is InChI=1S/C63H129NO7/c1-7-13-17-21-29-37-46-62(47-38-30-22-18-14-8-2)70-54-43-35-27-25-33-41-51-65-56-61(58-69-60-67-53-45-50-64(11-5)12-6)57-68-59-66-52-42-34-26-28-36-44-55-71-63(48-39-31-23-19-15-9-3)49-40-32-24-20-16-10-4/h61-63H,7-60H2,1-6H3. The Morgan fingerprint density at radius 2 is 0.549 bits per heavy atom. The summed E-state index contributed by atoms with van der Waals surface area (Å²) < 4.78 is 42.8. The van der Waals surface area contributed by atoms with Gasteiger partial charge in [-0.3, -0.25) is 0 Å². The van der Waals surface area contributed by atoms with Gasteiger partial charge in [-0.05, 0) is 70.9 Å². The molecule has 0 fully saturated rings. The maximum Gasteiger partial charge on any atom is 0.146 e. The summed E-state index contributed by atoms with van der Waals surface area (Å²) in [5.74, 6) is 0.161. The van der Waals surface area contributed by atoms with Gasteiger partial charge >= 0.3 is 0 Å². The van der Waals surface area contributed by atoms with Gasteiger partial charge in [0.2, 0.25) is 0 Å². The predicted molar refractivity (Wildman–Crippen MR) is 307 cm³/mol. The van der Waals surface area contributed by atoms with Crippen molar-refractivity contribution >= 4 is 0 Å². The number of hydrogen-bond donors (Lipinski definition) is 0. The van der Waals surface area contributed by atoms with Crippen molar-refractivity contribution in [3.8, 4) is 0 Å². The average molecular weight is 1010 g/mol. The van der Waals surface area contributed by atoms with Crippen LogP contribution in [0.3, 0.4) is 0 Å². The Morgan fingerprint density at radius 1 is 0.268 bits per heavy atom. The third-order valence-corrected chi connectivity index (χ3v) is 14.6. The lowest BCUT2D eigenvalue weighted by Crippen LogP contribution is -2.25. The molecule has 0 heterocycles. The van der Waals surface area contributed by atoms with Crippen LogP contribution in [-0.2, 0) is 33.2 Å². The summed E-state index contributed by atoms with van der Waals surface area (Å²) >= 11 is 0. The molecular weight excluding hydrogens is 883 g/mol. The number of unbranched alkanes of at least 4 members (excludes halogenated alkanes) is 30. The quantitative estimate of drug-likeness (QED) is 0.0441. The second-order valence-electron chi connectivity index (χ2n) is 21.6. The van der Waals surface area contributed by atoms with E-state index in [0.717, 1.165) is 71.9 Å². The largest absolute Gasteiger partial charge is 0.381 e. The highest BCUT2D eigenvalue weighted by Gasteiger charge is 2.13. The van der Waals surface area contributed by atoms with Crippen LogP contribution in [0.4, 0.5) is 0 Å². The number of hydrogen-bond acceptors (Lipinski definition) is 8. The maximum atomic E-state index is 6.50. The summed E-state index contributed by atoms with van der Waals surface area (Å²) in [6, 6.07) is 0. The molecule has 0 rings (SSSR count). The summed E-state index contributed by atoms with van der Waals surface area (Å²) in [4.78, 5) is 2.43. The second kappa shape index (κ2) is 62.2. The molecule has 0 saturated carbocycles. The van der Waals surface area contributed by atoms with E-state index in [0.29, 0.717) is 45.6 Å². The van der Waals surface area contributed by atoms with Gasteiger partial charge in [-0.25, -0.2) is 0 Å². The second-order valence-corrected chi connectivity index (χ2v) is 21.6. The molecule has 8 nitrogen and oxygen atoms in total. The molecule has 1 unspecified atom stereocenters. The molecule has 0 aromatic rings. The first-order valence-electron chi connectivity index (χ1n) is 32.0. The topological polar surface area (TPSA) is 67.9 Å². The number of rotatable bonds is 64. The van der Waals surface area contributed by atoms with Gasteiger partial charge in [0.25, 0.3) is 0 Å². The molecule has 0 bridgehead atoms. The molecular formula is C63H129NO7. The summed E-state index contributed by atoms with van der Waals surface area (Å²) in [7, 11) is 0. The Bertz CT molecular complexity index is 908. The van der Waals surface area contributed by atoms with E-state index >= 15 is 0 Å². The third-order valence-electron chi connectivity index (χ3n) is 14.6. The molecule has 8 heteroatoms. The lowest BCUT2D eigenvalue weighted by molar-refractivity contribution is -0.106. The van der Waals surface area contributed by atoms with Crippen LogP contribution in [0.1, 0.15) is 305 Å². The third kappa shape index (κ3) is 55.7. The van der Waals surface area contributed by atoms with E-state index in [2.05, 4.69) is 46.4 Å². The molecule has 0 aromatic heterocycles. The van der Waals surface area contributed by atoms with Crippen molar-refractivity contribution in [3.63, 3.8) is 0 Å². The molecule has 0 radical (unpaired) electrons. The molecule has 0 aromatic carbocycles. The fraction of sp³-hybridized carbons (Fsp3) is 1.00. The molecule has 428 valence electrons. The van der Waals surface area contributed by atoms with Crippen LogP contribution in [-0.4, -0.2) is 103 Å². The van der Waals surface area contributed by atoms with Gasteiger partial charge in [0.05, 0.1) is 38.6 Å². The minimum Gasteiger partial charge on any atom is -0.381 e. The molecule has 0 N–H and O–H groups in total. The van der Waals surface area contributed by atoms with E-state index in [1.807, 2.05) is 0 Å². The molecule has 0 amide bonds. The summed E-state index contributed by atoms with van der Waals surface area (Å²) in [6.07, 6.45) is 54.6. The molecule has 0 saturated heterocycles. The van der Waals surface area contributed by atoms with Crippen molar-refractivity contribution in [1.82, 2.24) is 4.90 Å². The summed E-state index contributed by atoms with van der Waals surface area (Å²) in [6.45, 7) is 23.5. The highest BCUT2D eigenvalue weighted by Crippen LogP contribution is 2.20. The molecule has 0 aliphatic rings. The van der Waals surface area contributed by atoms with Crippen molar-refractivity contribution in [2.24, 2.45) is 5.92 Å². The van der Waals surface area contributed by atoms with Crippen LogP contribution < -0.4 is 0 Å². The zero-order valence-corrected chi connectivity index (χ0v) is 49.2. The maximum absolute atomic E-state index is 6.50. The predicted octanol–water partition coefficient (Wildman–Crippen LogP) is 18.8. The molecule has 1 atom stereocenters. The van der Waals surface area contributed by atoms with Gasteiger partial charge in [0.1, 0.15) is 13.6 Å². The van der Waals surface area contributed by atoms with E-state index in [1.165, 1.54) is 244 Å². The summed E-state index contributed by atoms with van der Waals surface area (Å²) in [5, 5.41) is 0. The van der Waals surface area contributed by atoms with E-state index in [1.54, 1.807) is 0 Å². The first-order valence-corrected chi connectivity index (χ1v) is 32.0. The highest BCUT2D eigenvalue weighted by molar-refractivity contribution is 4.63. The average Bonchev–Trinajstić information content (AvgIpc) is 3.38. The molecule has 0 aliphatic heterocycles. The zero-order valence-electron chi connectivity index (χ0n) is 49.2. The van der Waals surface area contributed by atoms with Gasteiger partial charge in [0, 0.05) is 38.9 Å². The van der Waals surface area contributed by atoms with E-state index in [-0.39, 0.29) is 5.92 Å². The summed E-state index contributed by atoms with van der Waals surface area (Å²) in [5.41, 5.74) is 0. The van der Waals surface area contributed by atoms with Gasteiger partial charge in [-0.15, -0.1) is 0 Å². The Hall–Kier alpha value is -0.320. The van der Waals surface area contributed by atoms with Crippen molar-refractivity contribution in [3.05, 3.63) is 0 Å². The minimum atomic E-state index is 0.161. The normalized spacial score (nSPS) is 12.5. The van der Waals surface area contributed by atoms with Gasteiger partial charge in [0.15, 0.2) is 0 Å². The Morgan fingerprint density at radius 3 is 0.901 bits per heavy atom. The van der Waals surface area contributed by atoms with Crippen LogP contribution in [0.5, 0.6) is 0 Å². The van der Waals surface area contributed by atoms with Crippen LogP contribution in [0, 0.1) is 5.92 Å². The zero-order chi connectivity index (χ0) is 51.4. The van der Waals surface area contributed by atoms with Gasteiger partial charge < -0.3 is 38.1 Å². The van der Waals surface area contributed by atoms with Crippen molar-refractivity contribution in [1.29, 1.82) is 0 Å². The van der Waals surface area contributed by atoms with Crippen LogP contribution in [0.15, 0.2) is 0 Å². The molecule has 71 heavy (non-hydrogen) atoms. The van der Waals surface area contributed by atoms with Crippen molar-refractivity contribution < 1.29 is 33.2 Å². The highest BCUT2D eigenvalue weighted by atomic mass is 16.7. The fourth-order valence-corrected chi connectivity index (χ4v) is 9.75. The van der Waals surface area contributed by atoms with Crippen LogP contribution >= 0.6 is 0 Å². The van der Waals surface area contributed by atoms with Crippen LogP contribution in [0.25, 0.3) is 0 Å². The lowest BCUT2D eigenvalue weighted by atomic mass is 10.0. The van der Waals surface area contributed by atoms with Crippen LogP contribution in [0.2, 0.25) is 0 Å². The fourth-order valence-electron chi connectivity index (χ4n) is 9.75. The lowest BCUT2D eigenvalue weighted by Gasteiger charge is -2.19. The SMILES string of the molecule is CCCCCCCCC(CCCCCCCC)OCCCCCCCCOCOCC(COCCCCCCCCOC(CCCCCCCC)CCCCCCCC)COCOCCCN(CC)CC. The molecule has 0 aliphatic carbocycles. The Kier molecular flexibility index (Phi) is 61.9. The van der Waals surface area contributed by atoms with E-state index in [9.17, 15) is 0 Å². The number of ether oxygens (including phenoxy) is 7. The van der Waals surface area contributed by atoms with E-state index < -0.39 is 0 Å². The Balaban J connectivity index is 4.34. The number of nitrogens with zero attached hydrogens (tertiary/aromatic N) is 1. The van der Waals surface area contributed by atoms with Gasteiger partial charge in [-0.2, -0.15) is 0 Å². The van der Waals surface area contributed by atoms with Crippen molar-refractivity contribution in [2.75, 3.05) is 86.1 Å². The van der Waals surface area contributed by atoms with Crippen molar-refractivity contribution in [2.45, 2.75) is 317 Å². The Labute approximate surface area is 445 Å². The monoisotopic (exact) mass is 1010 g/mol. The first-order chi connectivity index (χ1) is 35.1. The minimum absolute atomic E-state index is 0.161. The smallest absolute Gasteiger partial charge is 0.146 e. The molecule has 0 spiro atoms. The first kappa shape index (κ1) is 70.7. The van der Waals surface area contributed by atoms with E-state index in [4.69, 9.17) is 33.2 Å². The van der Waals surface area contributed by atoms with Gasteiger partial charge in [-0.1, -0.05) is 247 Å².